The van der Waals surface area contributed by atoms with Gasteiger partial charge in [-0.3, -0.25) is 4.79 Å². The number of carbonyl (C=O) groups is 1. The van der Waals surface area contributed by atoms with Gasteiger partial charge in [0, 0.05) is 25.4 Å². The van der Waals surface area contributed by atoms with E-state index in [0.29, 0.717) is 11.4 Å². The summed E-state index contributed by atoms with van der Waals surface area (Å²) in [6.45, 7) is 0.803. The van der Waals surface area contributed by atoms with E-state index in [2.05, 4.69) is 10.1 Å². The molecule has 2 heterocycles. The van der Waals surface area contributed by atoms with Crippen LogP contribution < -0.4 is 5.01 Å². The first kappa shape index (κ1) is 7.91. The number of aldehydes is 1. The van der Waals surface area contributed by atoms with Crippen molar-refractivity contribution < 1.29 is 4.79 Å². The quantitative estimate of drug-likeness (QED) is 0.632. The summed E-state index contributed by atoms with van der Waals surface area (Å²) >= 11 is 0. The highest BCUT2D eigenvalue weighted by molar-refractivity contribution is 5.83. The number of hydrogen-bond donors (Lipinski definition) is 0. The SMILES string of the molecule is O=Cc1cccnc1N1CCC=N1. The molecule has 0 aromatic carbocycles. The highest BCUT2D eigenvalue weighted by Crippen LogP contribution is 2.17. The van der Waals surface area contributed by atoms with Gasteiger partial charge in [0.25, 0.3) is 0 Å². The van der Waals surface area contributed by atoms with Gasteiger partial charge >= 0.3 is 0 Å². The first-order valence-corrected chi connectivity index (χ1v) is 4.12. The number of nitrogens with zero attached hydrogens (tertiary/aromatic N) is 3. The van der Waals surface area contributed by atoms with Crippen LogP contribution in [0.2, 0.25) is 0 Å². The Morgan fingerprint density at radius 1 is 1.54 bits per heavy atom. The lowest BCUT2D eigenvalue weighted by molar-refractivity contribution is 0.112. The highest BCUT2D eigenvalue weighted by Gasteiger charge is 2.13. The average molecular weight is 175 g/mol. The van der Waals surface area contributed by atoms with E-state index < -0.39 is 0 Å². The fourth-order valence-electron chi connectivity index (χ4n) is 1.27. The van der Waals surface area contributed by atoms with E-state index in [1.54, 1.807) is 23.3 Å². The van der Waals surface area contributed by atoms with Crippen LogP contribution in [0.4, 0.5) is 5.82 Å². The van der Waals surface area contributed by atoms with Gasteiger partial charge < -0.3 is 0 Å². The molecule has 0 unspecified atom stereocenters. The van der Waals surface area contributed by atoms with Gasteiger partial charge in [0.05, 0.1) is 5.56 Å². The summed E-state index contributed by atoms with van der Waals surface area (Å²) in [6, 6.07) is 3.48. The summed E-state index contributed by atoms with van der Waals surface area (Å²) in [7, 11) is 0. The second-order valence-electron chi connectivity index (χ2n) is 2.74. The number of hydrazone groups is 1. The van der Waals surface area contributed by atoms with Crippen molar-refractivity contribution in [1.82, 2.24) is 4.98 Å². The highest BCUT2D eigenvalue weighted by atomic mass is 16.1. The molecule has 0 aliphatic carbocycles. The van der Waals surface area contributed by atoms with Gasteiger partial charge in [0.1, 0.15) is 0 Å². The minimum Gasteiger partial charge on any atom is -0.298 e. The standard InChI is InChI=1S/C9H9N3O/c13-7-8-3-1-4-10-9(8)12-6-2-5-11-12/h1,3-5,7H,2,6H2. The maximum absolute atomic E-state index is 10.7. The van der Waals surface area contributed by atoms with Crippen LogP contribution in [-0.4, -0.2) is 24.0 Å². The summed E-state index contributed by atoms with van der Waals surface area (Å²) in [4.78, 5) is 14.8. The number of carbonyl (C=O) groups excluding carboxylic acids is 1. The number of aromatic nitrogens is 1. The first-order valence-electron chi connectivity index (χ1n) is 4.12. The summed E-state index contributed by atoms with van der Waals surface area (Å²) in [6.07, 6.45) is 5.20. The molecule has 0 amide bonds. The van der Waals surface area contributed by atoms with Gasteiger partial charge in [0.15, 0.2) is 12.1 Å². The maximum Gasteiger partial charge on any atom is 0.159 e. The molecule has 0 atom stereocenters. The fourth-order valence-corrected chi connectivity index (χ4v) is 1.27. The molecule has 2 rings (SSSR count). The number of anilines is 1. The maximum atomic E-state index is 10.7. The van der Waals surface area contributed by atoms with Crippen LogP contribution in [0.5, 0.6) is 0 Å². The van der Waals surface area contributed by atoms with Gasteiger partial charge in [-0.25, -0.2) is 9.99 Å². The van der Waals surface area contributed by atoms with E-state index in [4.69, 9.17) is 0 Å². The monoisotopic (exact) mass is 175 g/mol. The van der Waals surface area contributed by atoms with Crippen molar-refractivity contribution in [3.63, 3.8) is 0 Å². The van der Waals surface area contributed by atoms with E-state index in [1.807, 2.05) is 6.21 Å². The molecule has 4 heteroatoms. The third kappa shape index (κ3) is 1.42. The number of hydrogen-bond acceptors (Lipinski definition) is 4. The number of rotatable bonds is 2. The zero-order chi connectivity index (χ0) is 9.10. The normalized spacial score (nSPS) is 14.9. The Balaban J connectivity index is 2.37. The van der Waals surface area contributed by atoms with Crippen molar-refractivity contribution in [3.8, 4) is 0 Å². The van der Waals surface area contributed by atoms with Crippen LogP contribution >= 0.6 is 0 Å². The van der Waals surface area contributed by atoms with Crippen molar-refractivity contribution >= 4 is 18.3 Å². The third-order valence-corrected chi connectivity index (χ3v) is 1.88. The van der Waals surface area contributed by atoms with Gasteiger partial charge in [-0.15, -0.1) is 0 Å². The zero-order valence-electron chi connectivity index (χ0n) is 7.05. The minimum atomic E-state index is 0.585. The second-order valence-corrected chi connectivity index (χ2v) is 2.74. The van der Waals surface area contributed by atoms with E-state index in [1.165, 1.54) is 0 Å². The average Bonchev–Trinajstić information content (AvgIpc) is 2.70. The topological polar surface area (TPSA) is 45.6 Å². The Bertz CT molecular complexity index is 348. The minimum absolute atomic E-state index is 0.585. The fraction of sp³-hybridized carbons (Fsp3) is 0.222. The molecule has 0 spiro atoms. The van der Waals surface area contributed by atoms with Gasteiger partial charge in [-0.05, 0) is 12.1 Å². The van der Waals surface area contributed by atoms with Crippen molar-refractivity contribution in [2.24, 2.45) is 5.10 Å². The first-order chi connectivity index (χ1) is 6.42. The molecule has 1 aliphatic rings. The molecule has 0 saturated carbocycles. The van der Waals surface area contributed by atoms with Crippen LogP contribution in [0, 0.1) is 0 Å². The third-order valence-electron chi connectivity index (χ3n) is 1.88. The molecule has 1 aliphatic heterocycles. The van der Waals surface area contributed by atoms with Crippen LogP contribution in [-0.2, 0) is 0 Å². The van der Waals surface area contributed by atoms with Crippen molar-refractivity contribution in [2.45, 2.75) is 6.42 Å². The predicted molar refractivity (Wildman–Crippen MR) is 50.1 cm³/mol. The van der Waals surface area contributed by atoms with E-state index in [-0.39, 0.29) is 0 Å². The molecular weight excluding hydrogens is 166 g/mol. The molecule has 66 valence electrons. The van der Waals surface area contributed by atoms with E-state index in [9.17, 15) is 4.79 Å². The Labute approximate surface area is 75.9 Å². The smallest absolute Gasteiger partial charge is 0.159 e. The molecular formula is C9H9N3O. The van der Waals surface area contributed by atoms with Crippen molar-refractivity contribution in [3.05, 3.63) is 23.9 Å². The van der Waals surface area contributed by atoms with Gasteiger partial charge in [0.2, 0.25) is 0 Å². The molecule has 0 radical (unpaired) electrons. The molecule has 0 saturated heterocycles. The van der Waals surface area contributed by atoms with Crippen LogP contribution in [0.3, 0.4) is 0 Å². The lowest BCUT2D eigenvalue weighted by Crippen LogP contribution is -2.15. The Morgan fingerprint density at radius 3 is 3.15 bits per heavy atom. The lowest BCUT2D eigenvalue weighted by Gasteiger charge is -2.13. The molecule has 4 nitrogen and oxygen atoms in total. The van der Waals surface area contributed by atoms with Crippen molar-refractivity contribution in [1.29, 1.82) is 0 Å². The second kappa shape index (κ2) is 3.35. The Morgan fingerprint density at radius 2 is 2.46 bits per heavy atom. The Kier molecular flexibility index (Phi) is 2.04. The molecule has 0 N–H and O–H groups in total. The summed E-state index contributed by atoms with van der Waals surface area (Å²) in [5.41, 5.74) is 0.585. The molecule has 1 aromatic rings. The zero-order valence-corrected chi connectivity index (χ0v) is 7.05. The summed E-state index contributed by atoms with van der Waals surface area (Å²) in [5.74, 6) is 0.645. The molecule has 0 fully saturated rings. The van der Waals surface area contributed by atoms with Crippen molar-refractivity contribution in [2.75, 3.05) is 11.6 Å². The number of pyridine rings is 1. The summed E-state index contributed by atoms with van der Waals surface area (Å²) in [5, 5.41) is 5.84. The van der Waals surface area contributed by atoms with Gasteiger partial charge in [-0.2, -0.15) is 5.10 Å². The Hall–Kier alpha value is -1.71. The van der Waals surface area contributed by atoms with E-state index >= 15 is 0 Å². The summed E-state index contributed by atoms with van der Waals surface area (Å²) < 4.78 is 0. The van der Waals surface area contributed by atoms with Crippen LogP contribution in [0.1, 0.15) is 16.8 Å². The van der Waals surface area contributed by atoms with E-state index in [0.717, 1.165) is 19.3 Å². The van der Waals surface area contributed by atoms with Crippen LogP contribution in [0.25, 0.3) is 0 Å². The predicted octanol–water partition coefficient (Wildman–Crippen LogP) is 1.09. The lowest BCUT2D eigenvalue weighted by atomic mass is 10.3. The molecule has 1 aromatic heterocycles. The molecule has 0 bridgehead atoms. The molecule has 13 heavy (non-hydrogen) atoms. The van der Waals surface area contributed by atoms with Gasteiger partial charge in [-0.1, -0.05) is 0 Å². The largest absolute Gasteiger partial charge is 0.298 e. The van der Waals surface area contributed by atoms with Crippen LogP contribution in [0.15, 0.2) is 23.4 Å².